The molecule has 3 heteroatoms. The number of hydrogen-bond acceptors (Lipinski definition) is 0. The van der Waals surface area contributed by atoms with Gasteiger partial charge in [-0.05, 0) is 0 Å². The van der Waals surface area contributed by atoms with Crippen molar-refractivity contribution in [2.45, 2.75) is 5.92 Å². The van der Waals surface area contributed by atoms with E-state index in [-0.39, 0.29) is 17.0 Å². The first-order chi connectivity index (χ1) is 6.09. The highest BCUT2D eigenvalue weighted by Crippen LogP contribution is 2.34. The van der Waals surface area contributed by atoms with Crippen LogP contribution in [0.4, 0.5) is 8.78 Å². The van der Waals surface area contributed by atoms with Gasteiger partial charge in [-0.25, -0.2) is 0 Å². The van der Waals surface area contributed by atoms with Crippen LogP contribution in [0, 0.1) is 0 Å². The van der Waals surface area contributed by atoms with Crippen molar-refractivity contribution in [2.24, 2.45) is 0 Å². The summed E-state index contributed by atoms with van der Waals surface area (Å²) in [6.45, 7) is 3.24. The smallest absolute Gasteiger partial charge is 0.196 e. The third-order valence-electron chi connectivity index (χ3n) is 1.74. The first-order valence-corrected chi connectivity index (χ1v) is 4.30. The Bertz CT molecular complexity index is 293. The van der Waals surface area contributed by atoms with E-state index >= 15 is 0 Å². The molecule has 0 heterocycles. The van der Waals surface area contributed by atoms with Gasteiger partial charge in [-0.2, -0.15) is 8.78 Å². The Balaban J connectivity index is 3.00. The molecule has 13 heavy (non-hydrogen) atoms. The summed E-state index contributed by atoms with van der Waals surface area (Å²) in [4.78, 5) is 0. The topological polar surface area (TPSA) is 0 Å². The van der Waals surface area contributed by atoms with E-state index in [9.17, 15) is 8.78 Å². The van der Waals surface area contributed by atoms with Crippen LogP contribution >= 0.6 is 11.6 Å². The molecule has 1 aromatic rings. The highest BCUT2D eigenvalue weighted by atomic mass is 35.5. The Kier molecular flexibility index (Phi) is 3.04. The summed E-state index contributed by atoms with van der Waals surface area (Å²) in [6.07, 6.45) is 0. The number of rotatable bonds is 3. The van der Waals surface area contributed by atoms with Gasteiger partial charge in [-0.3, -0.25) is 0 Å². The van der Waals surface area contributed by atoms with Crippen molar-refractivity contribution in [2.75, 3.05) is 5.88 Å². The molecule has 70 valence electrons. The largest absolute Gasteiger partial charge is 0.295 e. The molecular weight excluding hydrogens is 194 g/mol. The average molecular weight is 203 g/mol. The SMILES string of the molecule is C=C(CCl)C(F)(F)c1ccccc1. The van der Waals surface area contributed by atoms with Crippen LogP contribution in [0.1, 0.15) is 5.56 Å². The van der Waals surface area contributed by atoms with Crippen molar-refractivity contribution < 1.29 is 8.78 Å². The monoisotopic (exact) mass is 202 g/mol. The van der Waals surface area contributed by atoms with Gasteiger partial charge in [0.05, 0.1) is 0 Å². The first kappa shape index (κ1) is 10.2. The zero-order valence-electron chi connectivity index (χ0n) is 6.93. The van der Waals surface area contributed by atoms with E-state index in [1.165, 1.54) is 12.1 Å². The second-order valence-electron chi connectivity index (χ2n) is 2.68. The van der Waals surface area contributed by atoms with Gasteiger partial charge in [0, 0.05) is 17.0 Å². The van der Waals surface area contributed by atoms with E-state index in [0.717, 1.165) is 0 Å². The molecule has 0 unspecified atom stereocenters. The van der Waals surface area contributed by atoms with Gasteiger partial charge in [0.15, 0.2) is 0 Å². The van der Waals surface area contributed by atoms with Crippen molar-refractivity contribution in [1.29, 1.82) is 0 Å². The van der Waals surface area contributed by atoms with Gasteiger partial charge >= 0.3 is 0 Å². The van der Waals surface area contributed by atoms with Gasteiger partial charge in [0.25, 0.3) is 5.92 Å². The molecule has 0 fully saturated rings. The number of allylic oxidation sites excluding steroid dienone is 1. The number of halogens is 3. The predicted octanol–water partition coefficient (Wildman–Crippen LogP) is 3.57. The van der Waals surface area contributed by atoms with E-state index in [1.807, 2.05) is 0 Å². The molecule has 0 amide bonds. The van der Waals surface area contributed by atoms with Crippen LogP contribution in [0.15, 0.2) is 42.5 Å². The Hall–Kier alpha value is -0.890. The van der Waals surface area contributed by atoms with Crippen molar-refractivity contribution in [3.8, 4) is 0 Å². The van der Waals surface area contributed by atoms with Gasteiger partial charge in [-0.1, -0.05) is 36.9 Å². The molecule has 0 radical (unpaired) electrons. The molecule has 0 aliphatic rings. The fourth-order valence-electron chi connectivity index (χ4n) is 0.936. The maximum Gasteiger partial charge on any atom is 0.295 e. The maximum atomic E-state index is 13.4. The van der Waals surface area contributed by atoms with Crippen LogP contribution in [0.5, 0.6) is 0 Å². The minimum atomic E-state index is -3.02. The van der Waals surface area contributed by atoms with Crippen LogP contribution < -0.4 is 0 Å². The summed E-state index contributed by atoms with van der Waals surface area (Å²) >= 11 is 5.31. The molecular formula is C10H9ClF2. The third-order valence-corrected chi connectivity index (χ3v) is 2.06. The minimum Gasteiger partial charge on any atom is -0.196 e. The summed E-state index contributed by atoms with van der Waals surface area (Å²) in [5.41, 5.74) is -0.346. The van der Waals surface area contributed by atoms with Crippen molar-refractivity contribution in [1.82, 2.24) is 0 Å². The van der Waals surface area contributed by atoms with Crippen LogP contribution in [0.3, 0.4) is 0 Å². The lowest BCUT2D eigenvalue weighted by molar-refractivity contribution is 0.0391. The summed E-state index contributed by atoms with van der Waals surface area (Å²) in [5.74, 6) is -3.26. The molecule has 0 atom stereocenters. The fourth-order valence-corrected chi connectivity index (χ4v) is 1.10. The van der Waals surface area contributed by atoms with Gasteiger partial charge < -0.3 is 0 Å². The summed E-state index contributed by atoms with van der Waals surface area (Å²) in [5, 5.41) is 0. The standard InChI is InChI=1S/C10H9ClF2/c1-8(7-11)10(12,13)9-5-3-2-4-6-9/h2-6H,1,7H2. The lowest BCUT2D eigenvalue weighted by Gasteiger charge is -2.17. The summed E-state index contributed by atoms with van der Waals surface area (Å²) in [6, 6.07) is 7.52. The van der Waals surface area contributed by atoms with Crippen molar-refractivity contribution in [3.63, 3.8) is 0 Å². The molecule has 0 bridgehead atoms. The molecule has 0 nitrogen and oxygen atoms in total. The van der Waals surface area contributed by atoms with Crippen LogP contribution in [0.2, 0.25) is 0 Å². The highest BCUT2D eigenvalue weighted by Gasteiger charge is 2.33. The van der Waals surface area contributed by atoms with Crippen LogP contribution in [0.25, 0.3) is 0 Å². The van der Waals surface area contributed by atoms with Crippen molar-refractivity contribution >= 4 is 11.6 Å². The van der Waals surface area contributed by atoms with Gasteiger partial charge in [0.2, 0.25) is 0 Å². The van der Waals surface area contributed by atoms with E-state index < -0.39 is 5.92 Å². The van der Waals surface area contributed by atoms with E-state index in [0.29, 0.717) is 0 Å². The molecule has 0 saturated heterocycles. The number of hydrogen-bond donors (Lipinski definition) is 0. The first-order valence-electron chi connectivity index (χ1n) is 3.76. The van der Waals surface area contributed by atoms with Crippen LogP contribution in [-0.2, 0) is 5.92 Å². The van der Waals surface area contributed by atoms with Crippen LogP contribution in [-0.4, -0.2) is 5.88 Å². The Morgan fingerprint density at radius 2 is 1.85 bits per heavy atom. The zero-order chi connectivity index (χ0) is 9.90. The molecule has 1 rings (SSSR count). The number of benzene rings is 1. The lowest BCUT2D eigenvalue weighted by atomic mass is 10.0. The molecule has 0 spiro atoms. The van der Waals surface area contributed by atoms with E-state index in [4.69, 9.17) is 11.6 Å². The second kappa shape index (κ2) is 3.88. The van der Waals surface area contributed by atoms with Gasteiger partial charge in [-0.15, -0.1) is 11.6 Å². The normalized spacial score (nSPS) is 11.3. The predicted molar refractivity (Wildman–Crippen MR) is 50.2 cm³/mol. The van der Waals surface area contributed by atoms with Crippen molar-refractivity contribution in [3.05, 3.63) is 48.0 Å². The second-order valence-corrected chi connectivity index (χ2v) is 2.94. The number of alkyl halides is 3. The Morgan fingerprint density at radius 1 is 1.31 bits per heavy atom. The lowest BCUT2D eigenvalue weighted by Crippen LogP contribution is -2.16. The Labute approximate surface area is 80.8 Å². The minimum absolute atomic E-state index is 0.0688. The molecule has 0 aliphatic heterocycles. The fraction of sp³-hybridized carbons (Fsp3) is 0.200. The van der Waals surface area contributed by atoms with E-state index in [1.54, 1.807) is 18.2 Å². The quantitative estimate of drug-likeness (QED) is 0.519. The Morgan fingerprint density at radius 3 is 2.31 bits per heavy atom. The van der Waals surface area contributed by atoms with E-state index in [2.05, 4.69) is 6.58 Å². The molecule has 0 aliphatic carbocycles. The van der Waals surface area contributed by atoms with Gasteiger partial charge in [0.1, 0.15) is 0 Å². The molecule has 1 aromatic carbocycles. The highest BCUT2D eigenvalue weighted by molar-refractivity contribution is 6.19. The third kappa shape index (κ3) is 2.07. The summed E-state index contributed by atoms with van der Waals surface area (Å²) < 4.78 is 26.7. The average Bonchev–Trinajstić information content (AvgIpc) is 2.18. The molecule has 0 N–H and O–H groups in total. The zero-order valence-corrected chi connectivity index (χ0v) is 7.69. The maximum absolute atomic E-state index is 13.4. The molecule has 0 saturated carbocycles. The summed E-state index contributed by atoms with van der Waals surface area (Å²) in [7, 11) is 0. The molecule has 0 aromatic heterocycles.